The van der Waals surface area contributed by atoms with Crippen molar-refractivity contribution in [3.05, 3.63) is 53.3 Å². The standard InChI is InChI=1S/C24H33ClO6SeSi/c1-15(22(26)28-5)30-17-13-19(23(27)29-6)21(31-33(7,8)24(2,3)4)20(14-17)32-18-11-9-16(25)10-12-18/h9-13,17,20-21H,1,14H2,2-8H3/t17-,20-,21-/m1/s1. The molecular weight excluding hydrogens is 527 g/mol. The summed E-state index contributed by atoms with van der Waals surface area (Å²) in [5, 5.41) is 0.622. The van der Waals surface area contributed by atoms with Gasteiger partial charge in [-0.3, -0.25) is 0 Å². The molecule has 0 unspecified atom stereocenters. The molecule has 3 atom stereocenters. The Morgan fingerprint density at radius 1 is 1.12 bits per heavy atom. The van der Waals surface area contributed by atoms with Crippen LogP contribution in [-0.2, 0) is 28.2 Å². The zero-order valence-corrected chi connectivity index (χ0v) is 23.7. The van der Waals surface area contributed by atoms with Crippen molar-refractivity contribution in [1.29, 1.82) is 0 Å². The Morgan fingerprint density at radius 3 is 2.24 bits per heavy atom. The first-order valence-electron chi connectivity index (χ1n) is 10.6. The number of ether oxygens (including phenoxy) is 3. The summed E-state index contributed by atoms with van der Waals surface area (Å²) < 4.78 is 23.5. The number of benzene rings is 1. The zero-order chi connectivity index (χ0) is 25.0. The minimum absolute atomic E-state index is 0.0395. The second-order valence-corrected chi connectivity index (χ2v) is 17.3. The van der Waals surface area contributed by atoms with Crippen molar-refractivity contribution in [3.8, 4) is 0 Å². The first-order valence-corrected chi connectivity index (χ1v) is 15.8. The summed E-state index contributed by atoms with van der Waals surface area (Å²) in [6, 6.07) is 7.70. The number of methoxy groups -OCH3 is 2. The molecule has 0 saturated heterocycles. The summed E-state index contributed by atoms with van der Waals surface area (Å²) >= 11 is 6.00. The van der Waals surface area contributed by atoms with Crippen molar-refractivity contribution in [3.63, 3.8) is 0 Å². The molecule has 0 fully saturated rings. The molecule has 0 spiro atoms. The first kappa shape index (κ1) is 27.7. The summed E-state index contributed by atoms with van der Waals surface area (Å²) in [5.41, 5.74) is 0.414. The molecule has 182 valence electrons. The van der Waals surface area contributed by atoms with E-state index < -0.39 is 32.5 Å². The van der Waals surface area contributed by atoms with Crippen LogP contribution in [0.4, 0.5) is 0 Å². The average Bonchev–Trinajstić information content (AvgIpc) is 2.74. The van der Waals surface area contributed by atoms with Gasteiger partial charge in [0.25, 0.3) is 0 Å². The second kappa shape index (κ2) is 11.2. The van der Waals surface area contributed by atoms with E-state index in [1.165, 1.54) is 14.2 Å². The molecule has 2 rings (SSSR count). The van der Waals surface area contributed by atoms with E-state index in [4.69, 9.17) is 30.2 Å². The van der Waals surface area contributed by atoms with Crippen LogP contribution < -0.4 is 4.46 Å². The molecule has 1 aliphatic carbocycles. The van der Waals surface area contributed by atoms with Crippen LogP contribution in [0.1, 0.15) is 27.2 Å². The maximum absolute atomic E-state index is 12.8. The summed E-state index contributed by atoms with van der Waals surface area (Å²) in [6.45, 7) is 14.5. The van der Waals surface area contributed by atoms with Gasteiger partial charge in [-0.2, -0.15) is 0 Å². The molecule has 33 heavy (non-hydrogen) atoms. The van der Waals surface area contributed by atoms with Crippen LogP contribution in [0.25, 0.3) is 0 Å². The van der Waals surface area contributed by atoms with Crippen molar-refractivity contribution < 1.29 is 28.2 Å². The van der Waals surface area contributed by atoms with Crippen molar-refractivity contribution >= 4 is 51.3 Å². The second-order valence-electron chi connectivity index (χ2n) is 9.33. The molecule has 0 bridgehead atoms. The third-order valence-corrected chi connectivity index (χ3v) is 13.3. The van der Waals surface area contributed by atoms with Crippen LogP contribution in [-0.4, -0.2) is 61.6 Å². The Balaban J connectivity index is 2.48. The van der Waals surface area contributed by atoms with E-state index in [-0.39, 0.29) is 30.6 Å². The van der Waals surface area contributed by atoms with Crippen LogP contribution in [0.2, 0.25) is 28.0 Å². The zero-order valence-electron chi connectivity index (χ0n) is 20.3. The topological polar surface area (TPSA) is 71.1 Å². The van der Waals surface area contributed by atoms with E-state index in [0.29, 0.717) is 17.0 Å². The third kappa shape index (κ3) is 7.20. The molecule has 1 aromatic carbocycles. The Hall–Kier alpha value is -1.57. The fourth-order valence-electron chi connectivity index (χ4n) is 3.08. The Kier molecular flexibility index (Phi) is 9.42. The fourth-order valence-corrected chi connectivity index (χ4v) is 7.33. The van der Waals surface area contributed by atoms with Crippen molar-refractivity contribution in [2.45, 2.75) is 62.3 Å². The summed E-state index contributed by atoms with van der Waals surface area (Å²) in [6.07, 6.45) is 1.27. The van der Waals surface area contributed by atoms with Gasteiger partial charge in [-0.25, -0.2) is 0 Å². The molecule has 1 aromatic rings. The SMILES string of the molecule is C=C(O[C@@H]1C=C(C(=O)OC)[C@@H](O[Si](C)(C)C(C)(C)C)[C@H]([Se]c2ccc(Cl)cc2)C1)C(=O)OC. The van der Waals surface area contributed by atoms with E-state index >= 15 is 0 Å². The molecule has 0 aliphatic heterocycles. The van der Waals surface area contributed by atoms with E-state index in [1.807, 2.05) is 24.3 Å². The Labute approximate surface area is 208 Å². The molecular formula is C24H33ClO6SeSi. The van der Waals surface area contributed by atoms with Gasteiger partial charge in [0, 0.05) is 0 Å². The van der Waals surface area contributed by atoms with Crippen LogP contribution in [0.5, 0.6) is 0 Å². The third-order valence-electron chi connectivity index (χ3n) is 5.93. The van der Waals surface area contributed by atoms with Gasteiger partial charge >= 0.3 is 209 Å². The van der Waals surface area contributed by atoms with Crippen LogP contribution >= 0.6 is 11.6 Å². The van der Waals surface area contributed by atoms with E-state index in [1.54, 1.807) is 6.08 Å². The van der Waals surface area contributed by atoms with Gasteiger partial charge < -0.3 is 0 Å². The van der Waals surface area contributed by atoms with Gasteiger partial charge in [0.1, 0.15) is 0 Å². The number of hydrogen-bond donors (Lipinski definition) is 0. The molecule has 1 aliphatic rings. The van der Waals surface area contributed by atoms with Crippen molar-refractivity contribution in [1.82, 2.24) is 0 Å². The van der Waals surface area contributed by atoms with Gasteiger partial charge in [-0.15, -0.1) is 0 Å². The monoisotopic (exact) mass is 560 g/mol. The Morgan fingerprint density at radius 2 is 1.73 bits per heavy atom. The van der Waals surface area contributed by atoms with Gasteiger partial charge in [-0.1, -0.05) is 0 Å². The first-order chi connectivity index (χ1) is 15.3. The predicted octanol–water partition coefficient (Wildman–Crippen LogP) is 4.42. The number of carbonyl (C=O) groups excluding carboxylic acids is 2. The van der Waals surface area contributed by atoms with E-state index in [0.717, 1.165) is 4.46 Å². The normalized spacial score (nSPS) is 21.1. The molecule has 9 heteroatoms. The minimum atomic E-state index is -2.23. The Bertz CT molecular complexity index is 907. The van der Waals surface area contributed by atoms with Gasteiger partial charge in [0.05, 0.1) is 0 Å². The van der Waals surface area contributed by atoms with Crippen LogP contribution in [0, 0.1) is 0 Å². The molecule has 0 amide bonds. The summed E-state index contributed by atoms with van der Waals surface area (Å²) in [5.74, 6) is -1.22. The van der Waals surface area contributed by atoms with Gasteiger partial charge in [-0.05, 0) is 0 Å². The summed E-state index contributed by atoms with van der Waals surface area (Å²) in [4.78, 5) is 24.6. The fraction of sp³-hybridized carbons (Fsp3) is 0.500. The van der Waals surface area contributed by atoms with Crippen molar-refractivity contribution in [2.24, 2.45) is 0 Å². The summed E-state index contributed by atoms with van der Waals surface area (Å²) in [7, 11) is 0.387. The number of hydrogen-bond acceptors (Lipinski definition) is 6. The number of carbonyl (C=O) groups is 2. The van der Waals surface area contributed by atoms with E-state index in [2.05, 4.69) is 40.4 Å². The average molecular weight is 560 g/mol. The number of rotatable bonds is 8. The van der Waals surface area contributed by atoms with Gasteiger partial charge in [0.15, 0.2) is 0 Å². The molecule has 0 radical (unpaired) electrons. The number of esters is 2. The number of halogens is 1. The predicted molar refractivity (Wildman–Crippen MR) is 133 cm³/mol. The molecule has 0 heterocycles. The molecule has 0 aromatic heterocycles. The van der Waals surface area contributed by atoms with Crippen LogP contribution in [0.15, 0.2) is 48.3 Å². The van der Waals surface area contributed by atoms with Crippen LogP contribution in [0.3, 0.4) is 0 Å². The molecule has 6 nitrogen and oxygen atoms in total. The van der Waals surface area contributed by atoms with Crippen molar-refractivity contribution in [2.75, 3.05) is 14.2 Å². The van der Waals surface area contributed by atoms with E-state index in [9.17, 15) is 9.59 Å². The van der Waals surface area contributed by atoms with Gasteiger partial charge in [0.2, 0.25) is 0 Å². The molecule has 0 N–H and O–H groups in total. The quantitative estimate of drug-likeness (QED) is 0.203. The maximum atomic E-state index is 12.8. The molecule has 0 saturated carbocycles.